The van der Waals surface area contributed by atoms with E-state index in [1.54, 1.807) is 11.4 Å². The largest absolute Gasteiger partial charge is 0.315 e. The summed E-state index contributed by atoms with van der Waals surface area (Å²) in [5.74, 6) is 0.713. The Kier molecular flexibility index (Phi) is 5.21. The molecule has 1 rings (SSSR count). The molecule has 0 aliphatic carbocycles. The van der Waals surface area contributed by atoms with Crippen LogP contribution in [0, 0.1) is 5.92 Å². The van der Waals surface area contributed by atoms with Crippen molar-refractivity contribution in [3.8, 4) is 0 Å². The average molecular weight is 248 g/mol. The van der Waals surface area contributed by atoms with Crippen molar-refractivity contribution in [2.75, 3.05) is 25.9 Å². The van der Waals surface area contributed by atoms with Crippen molar-refractivity contribution in [2.45, 2.75) is 39.2 Å². The summed E-state index contributed by atoms with van der Waals surface area (Å²) in [6.07, 6.45) is 2.78. The Balaban J connectivity index is 2.53. The highest BCUT2D eigenvalue weighted by molar-refractivity contribution is 7.89. The average Bonchev–Trinajstić information content (AvgIpc) is 2.27. The Labute approximate surface area is 99.5 Å². The van der Waals surface area contributed by atoms with Gasteiger partial charge in [0.15, 0.2) is 0 Å². The van der Waals surface area contributed by atoms with Crippen LogP contribution in [0.2, 0.25) is 0 Å². The normalized spacial score (nSPS) is 22.9. The maximum absolute atomic E-state index is 12.0. The van der Waals surface area contributed by atoms with E-state index in [0.29, 0.717) is 5.92 Å². The Morgan fingerprint density at radius 2 is 2.12 bits per heavy atom. The lowest BCUT2D eigenvalue weighted by Gasteiger charge is -2.31. The number of piperidine rings is 1. The molecule has 1 heterocycles. The smallest absolute Gasteiger partial charge is 0.214 e. The molecule has 0 radical (unpaired) electrons. The summed E-state index contributed by atoms with van der Waals surface area (Å²) in [5, 5.41) is 3.25. The van der Waals surface area contributed by atoms with Gasteiger partial charge in [0.25, 0.3) is 0 Å². The van der Waals surface area contributed by atoms with Crippen LogP contribution in [0.25, 0.3) is 0 Å². The Hall–Kier alpha value is -0.130. The van der Waals surface area contributed by atoms with Gasteiger partial charge >= 0.3 is 0 Å². The van der Waals surface area contributed by atoms with Crippen molar-refractivity contribution in [2.24, 2.45) is 5.92 Å². The highest BCUT2D eigenvalue weighted by Gasteiger charge is 2.27. The fraction of sp³-hybridized carbons (Fsp3) is 1.00. The van der Waals surface area contributed by atoms with Crippen LogP contribution in [0.4, 0.5) is 0 Å². The van der Waals surface area contributed by atoms with E-state index in [1.807, 2.05) is 0 Å². The molecule has 1 fully saturated rings. The molecular formula is C11H24N2O2S. The zero-order chi connectivity index (χ0) is 12.2. The quantitative estimate of drug-likeness (QED) is 0.791. The minimum atomic E-state index is -3.06. The standard InChI is InChI=1S/C11H24N2O2S/c1-10(2)6-8-16(14,15)13(3)11-5-4-7-12-9-11/h10-12H,4-9H2,1-3H3. The molecule has 1 aliphatic heterocycles. The van der Waals surface area contributed by atoms with Crippen molar-refractivity contribution in [3.05, 3.63) is 0 Å². The molecule has 0 saturated carbocycles. The van der Waals surface area contributed by atoms with E-state index in [2.05, 4.69) is 19.2 Å². The molecule has 1 N–H and O–H groups in total. The molecule has 0 amide bonds. The molecule has 0 aromatic carbocycles. The van der Waals surface area contributed by atoms with Crippen LogP contribution in [-0.2, 0) is 10.0 Å². The van der Waals surface area contributed by atoms with E-state index in [1.165, 1.54) is 0 Å². The first-order valence-corrected chi connectivity index (χ1v) is 7.71. The van der Waals surface area contributed by atoms with E-state index in [0.717, 1.165) is 32.4 Å². The summed E-state index contributed by atoms with van der Waals surface area (Å²) >= 11 is 0. The summed E-state index contributed by atoms with van der Waals surface area (Å²) < 4.78 is 25.6. The molecule has 0 spiro atoms. The molecule has 1 atom stereocenters. The van der Waals surface area contributed by atoms with Gasteiger partial charge in [-0.2, -0.15) is 0 Å². The second-order valence-electron chi connectivity index (χ2n) is 5.01. The van der Waals surface area contributed by atoms with Crippen molar-refractivity contribution in [1.82, 2.24) is 9.62 Å². The fourth-order valence-electron chi connectivity index (χ4n) is 1.90. The number of hydrogen-bond donors (Lipinski definition) is 1. The highest BCUT2D eigenvalue weighted by atomic mass is 32.2. The molecule has 1 unspecified atom stereocenters. The molecule has 0 bridgehead atoms. The molecular weight excluding hydrogens is 224 g/mol. The monoisotopic (exact) mass is 248 g/mol. The fourth-order valence-corrected chi connectivity index (χ4v) is 3.59. The topological polar surface area (TPSA) is 49.4 Å². The number of sulfonamides is 1. The Morgan fingerprint density at radius 1 is 1.44 bits per heavy atom. The first-order chi connectivity index (χ1) is 7.43. The first-order valence-electron chi connectivity index (χ1n) is 6.10. The number of nitrogens with one attached hydrogen (secondary N) is 1. The summed E-state index contributed by atoms with van der Waals surface area (Å²) in [5.41, 5.74) is 0. The van der Waals surface area contributed by atoms with Gasteiger partial charge in [0.1, 0.15) is 0 Å². The summed E-state index contributed by atoms with van der Waals surface area (Å²) in [7, 11) is -1.35. The zero-order valence-corrected chi connectivity index (χ0v) is 11.4. The molecule has 1 aliphatic rings. The van der Waals surface area contributed by atoms with Crippen LogP contribution in [0.15, 0.2) is 0 Å². The first kappa shape index (κ1) is 13.9. The van der Waals surface area contributed by atoms with Crippen LogP contribution in [0.5, 0.6) is 0 Å². The molecule has 1 saturated heterocycles. The van der Waals surface area contributed by atoms with Crippen molar-refractivity contribution in [3.63, 3.8) is 0 Å². The zero-order valence-electron chi connectivity index (χ0n) is 10.6. The molecule has 4 nitrogen and oxygen atoms in total. The van der Waals surface area contributed by atoms with Gasteiger partial charge in [0.05, 0.1) is 5.75 Å². The van der Waals surface area contributed by atoms with Crippen molar-refractivity contribution < 1.29 is 8.42 Å². The number of hydrogen-bond acceptors (Lipinski definition) is 3. The Morgan fingerprint density at radius 3 is 2.62 bits per heavy atom. The van der Waals surface area contributed by atoms with Crippen LogP contribution >= 0.6 is 0 Å². The van der Waals surface area contributed by atoms with Crippen molar-refractivity contribution in [1.29, 1.82) is 0 Å². The summed E-state index contributed by atoms with van der Waals surface area (Å²) in [6, 6.07) is 0.144. The van der Waals surface area contributed by atoms with Gasteiger partial charge in [0.2, 0.25) is 10.0 Å². The molecule has 0 aromatic rings. The van der Waals surface area contributed by atoms with Gasteiger partial charge in [-0.3, -0.25) is 0 Å². The van der Waals surface area contributed by atoms with Gasteiger partial charge in [-0.05, 0) is 31.7 Å². The van der Waals surface area contributed by atoms with Crippen molar-refractivity contribution >= 4 is 10.0 Å². The third-order valence-corrected chi connectivity index (χ3v) is 5.10. The second-order valence-corrected chi connectivity index (χ2v) is 7.16. The van der Waals surface area contributed by atoms with Gasteiger partial charge in [-0.25, -0.2) is 12.7 Å². The van der Waals surface area contributed by atoms with Crippen LogP contribution in [0.3, 0.4) is 0 Å². The van der Waals surface area contributed by atoms with E-state index in [4.69, 9.17) is 0 Å². The van der Waals surface area contributed by atoms with E-state index >= 15 is 0 Å². The second kappa shape index (κ2) is 5.98. The minimum absolute atomic E-state index is 0.144. The van der Waals surface area contributed by atoms with E-state index in [-0.39, 0.29) is 11.8 Å². The maximum Gasteiger partial charge on any atom is 0.214 e. The predicted octanol–water partition coefficient (Wildman–Crippen LogP) is 1.05. The predicted molar refractivity (Wildman–Crippen MR) is 66.9 cm³/mol. The van der Waals surface area contributed by atoms with Gasteiger partial charge in [0, 0.05) is 19.6 Å². The van der Waals surface area contributed by atoms with E-state index in [9.17, 15) is 8.42 Å². The maximum atomic E-state index is 12.0. The van der Waals surface area contributed by atoms with E-state index < -0.39 is 10.0 Å². The Bertz CT molecular complexity index is 295. The lowest BCUT2D eigenvalue weighted by molar-refractivity contribution is 0.299. The van der Waals surface area contributed by atoms with Gasteiger partial charge in [-0.15, -0.1) is 0 Å². The highest BCUT2D eigenvalue weighted by Crippen LogP contribution is 2.14. The van der Waals surface area contributed by atoms with Crippen LogP contribution in [0.1, 0.15) is 33.1 Å². The molecule has 0 aromatic heterocycles. The van der Waals surface area contributed by atoms with Gasteiger partial charge < -0.3 is 5.32 Å². The van der Waals surface area contributed by atoms with Crippen LogP contribution < -0.4 is 5.32 Å². The third-order valence-electron chi connectivity index (χ3n) is 3.18. The number of rotatable bonds is 5. The lowest BCUT2D eigenvalue weighted by Crippen LogP contribution is -2.47. The minimum Gasteiger partial charge on any atom is -0.315 e. The lowest BCUT2D eigenvalue weighted by atomic mass is 10.1. The molecule has 16 heavy (non-hydrogen) atoms. The molecule has 96 valence electrons. The molecule has 5 heteroatoms. The SMILES string of the molecule is CC(C)CCS(=O)(=O)N(C)C1CCCNC1. The number of nitrogens with zero attached hydrogens (tertiary/aromatic N) is 1. The van der Waals surface area contributed by atoms with Gasteiger partial charge in [-0.1, -0.05) is 13.8 Å². The number of likely N-dealkylation sites (N-methyl/N-ethyl adjacent to an activating group) is 1. The summed E-state index contributed by atoms with van der Waals surface area (Å²) in [4.78, 5) is 0. The summed E-state index contributed by atoms with van der Waals surface area (Å²) in [6.45, 7) is 5.91. The third kappa shape index (κ3) is 4.03. The van der Waals surface area contributed by atoms with Crippen LogP contribution in [-0.4, -0.2) is 44.7 Å².